The number of carbonyl (C=O) groups excluding carboxylic acids is 2. The second-order valence-electron chi connectivity index (χ2n) is 10.6. The lowest BCUT2D eigenvalue weighted by Gasteiger charge is -2.32. The van der Waals surface area contributed by atoms with Crippen molar-refractivity contribution in [2.75, 3.05) is 13.7 Å². The number of nitrogens with zero attached hydrogens (tertiary/aromatic N) is 1. The van der Waals surface area contributed by atoms with Crippen LogP contribution in [0.4, 0.5) is 0 Å². The van der Waals surface area contributed by atoms with Gasteiger partial charge >= 0.3 is 5.97 Å². The first-order valence-corrected chi connectivity index (χ1v) is 14.8. The molecule has 5 heteroatoms. The molecule has 0 spiro atoms. The molecule has 0 heterocycles. The standard InChI is InChI=1S/C37H41NO4/c1-3-4-24-42-37(40)34(32-20-22-33(41-2)23-21-32)26-36(39)35(25-29-14-8-5-9-15-29)38(27-30-16-10-6-11-17-30)28-31-18-12-7-13-19-31/h5-23,34-35H,3-4,24-28H2,1-2H3/t34-,35-/m0/s1. The summed E-state index contributed by atoms with van der Waals surface area (Å²) in [6.45, 7) is 3.61. The number of ketones is 1. The first-order chi connectivity index (χ1) is 20.6. The number of Topliss-reactive ketones (excluding diaryl/α,β-unsaturated/α-hetero) is 1. The Morgan fingerprint density at radius 1 is 0.714 bits per heavy atom. The Hall–Kier alpha value is -4.22. The molecule has 0 aliphatic heterocycles. The minimum absolute atomic E-state index is 0.0129. The number of rotatable bonds is 16. The van der Waals surface area contributed by atoms with Crippen molar-refractivity contribution in [1.29, 1.82) is 0 Å². The summed E-state index contributed by atoms with van der Waals surface area (Å²) in [6.07, 6.45) is 2.30. The quantitative estimate of drug-likeness (QED) is 0.105. The molecule has 0 fully saturated rings. The van der Waals surface area contributed by atoms with Gasteiger partial charge in [0.2, 0.25) is 0 Å². The maximum atomic E-state index is 14.4. The zero-order valence-electron chi connectivity index (χ0n) is 24.7. The van der Waals surface area contributed by atoms with E-state index in [1.165, 1.54) is 0 Å². The third kappa shape index (κ3) is 9.15. The number of carbonyl (C=O) groups is 2. The van der Waals surface area contributed by atoms with Gasteiger partial charge in [-0.3, -0.25) is 14.5 Å². The number of methoxy groups -OCH3 is 1. The molecular formula is C37H41NO4. The average molecular weight is 564 g/mol. The average Bonchev–Trinajstić information content (AvgIpc) is 3.03. The summed E-state index contributed by atoms with van der Waals surface area (Å²) < 4.78 is 11.0. The second-order valence-corrected chi connectivity index (χ2v) is 10.6. The van der Waals surface area contributed by atoms with Crippen molar-refractivity contribution in [3.63, 3.8) is 0 Å². The van der Waals surface area contributed by atoms with E-state index in [9.17, 15) is 9.59 Å². The fraction of sp³-hybridized carbons (Fsp3) is 0.297. The molecule has 0 N–H and O–H groups in total. The van der Waals surface area contributed by atoms with Crippen LogP contribution < -0.4 is 4.74 Å². The molecular weight excluding hydrogens is 522 g/mol. The monoisotopic (exact) mass is 563 g/mol. The first-order valence-electron chi connectivity index (χ1n) is 14.8. The lowest BCUT2D eigenvalue weighted by Crippen LogP contribution is -2.43. The van der Waals surface area contributed by atoms with E-state index in [1.54, 1.807) is 7.11 Å². The lowest BCUT2D eigenvalue weighted by molar-refractivity contribution is -0.147. The highest BCUT2D eigenvalue weighted by atomic mass is 16.5. The van der Waals surface area contributed by atoms with Gasteiger partial charge in [0.15, 0.2) is 5.78 Å². The molecule has 2 atom stereocenters. The Balaban J connectivity index is 1.68. The predicted molar refractivity (Wildman–Crippen MR) is 167 cm³/mol. The van der Waals surface area contributed by atoms with Crippen molar-refractivity contribution >= 4 is 11.8 Å². The Labute approximate surface area is 250 Å². The summed E-state index contributed by atoms with van der Waals surface area (Å²) in [7, 11) is 1.61. The van der Waals surface area contributed by atoms with E-state index in [2.05, 4.69) is 48.2 Å². The third-order valence-electron chi connectivity index (χ3n) is 7.49. The summed E-state index contributed by atoms with van der Waals surface area (Å²) in [6, 6.07) is 37.5. The van der Waals surface area contributed by atoms with Crippen LogP contribution in [0.5, 0.6) is 5.75 Å². The van der Waals surface area contributed by atoms with Gasteiger partial charge in [-0.25, -0.2) is 0 Å². The SMILES string of the molecule is CCCCOC(=O)[C@@H](CC(=O)[C@H](Cc1ccccc1)N(Cc1ccccc1)Cc1ccccc1)c1ccc(OC)cc1. The van der Waals surface area contributed by atoms with Gasteiger partial charge in [-0.2, -0.15) is 0 Å². The van der Waals surface area contributed by atoms with E-state index in [1.807, 2.05) is 78.9 Å². The molecule has 0 amide bonds. The molecule has 218 valence electrons. The number of esters is 1. The molecule has 0 saturated heterocycles. The molecule has 4 aromatic carbocycles. The van der Waals surface area contributed by atoms with Gasteiger partial charge in [0.25, 0.3) is 0 Å². The topological polar surface area (TPSA) is 55.8 Å². The van der Waals surface area contributed by atoms with Crippen molar-refractivity contribution in [2.45, 2.75) is 57.7 Å². The van der Waals surface area contributed by atoms with Crippen molar-refractivity contribution in [1.82, 2.24) is 4.90 Å². The lowest BCUT2D eigenvalue weighted by atomic mass is 9.88. The van der Waals surface area contributed by atoms with E-state index in [0.29, 0.717) is 31.9 Å². The van der Waals surface area contributed by atoms with E-state index in [0.717, 1.165) is 35.1 Å². The van der Waals surface area contributed by atoms with Gasteiger partial charge in [-0.05, 0) is 47.2 Å². The molecule has 42 heavy (non-hydrogen) atoms. The molecule has 5 nitrogen and oxygen atoms in total. The molecule has 0 aliphatic rings. The van der Waals surface area contributed by atoms with Gasteiger partial charge in [0, 0.05) is 19.5 Å². The van der Waals surface area contributed by atoms with E-state index < -0.39 is 12.0 Å². The van der Waals surface area contributed by atoms with Gasteiger partial charge < -0.3 is 9.47 Å². The van der Waals surface area contributed by atoms with Crippen molar-refractivity contribution in [3.05, 3.63) is 138 Å². The highest BCUT2D eigenvalue weighted by molar-refractivity contribution is 5.91. The summed E-state index contributed by atoms with van der Waals surface area (Å²) in [4.78, 5) is 30.1. The van der Waals surface area contributed by atoms with E-state index >= 15 is 0 Å². The zero-order valence-corrected chi connectivity index (χ0v) is 24.7. The Kier molecular flexibility index (Phi) is 11.9. The minimum Gasteiger partial charge on any atom is -0.497 e. The Bertz CT molecular complexity index is 1320. The van der Waals surface area contributed by atoms with Gasteiger partial charge in [0.05, 0.1) is 25.7 Å². The third-order valence-corrected chi connectivity index (χ3v) is 7.49. The summed E-state index contributed by atoms with van der Waals surface area (Å²) in [5.74, 6) is -0.354. The van der Waals surface area contributed by atoms with E-state index in [4.69, 9.17) is 9.47 Å². The maximum Gasteiger partial charge on any atom is 0.313 e. The van der Waals surface area contributed by atoms with Crippen LogP contribution in [0.25, 0.3) is 0 Å². The molecule has 4 aromatic rings. The van der Waals surface area contributed by atoms with E-state index in [-0.39, 0.29) is 18.2 Å². The van der Waals surface area contributed by atoms with Gasteiger partial charge in [-0.15, -0.1) is 0 Å². The van der Waals surface area contributed by atoms with Crippen LogP contribution in [-0.2, 0) is 33.8 Å². The molecule has 0 radical (unpaired) electrons. The van der Waals surface area contributed by atoms with Crippen LogP contribution >= 0.6 is 0 Å². The van der Waals surface area contributed by atoms with Gasteiger partial charge in [0.1, 0.15) is 5.75 Å². The fourth-order valence-electron chi connectivity index (χ4n) is 5.12. The number of benzene rings is 4. The summed E-state index contributed by atoms with van der Waals surface area (Å²) >= 11 is 0. The molecule has 0 unspecified atom stereocenters. The summed E-state index contributed by atoms with van der Waals surface area (Å²) in [5, 5.41) is 0. The number of ether oxygens (including phenoxy) is 2. The highest BCUT2D eigenvalue weighted by Crippen LogP contribution is 2.27. The predicted octanol–water partition coefficient (Wildman–Crippen LogP) is 7.40. The molecule has 0 aromatic heterocycles. The fourth-order valence-corrected chi connectivity index (χ4v) is 5.12. The Morgan fingerprint density at radius 3 is 1.74 bits per heavy atom. The largest absolute Gasteiger partial charge is 0.497 e. The van der Waals surface area contributed by atoms with Gasteiger partial charge in [-0.1, -0.05) is 116 Å². The summed E-state index contributed by atoms with van der Waals surface area (Å²) in [5.41, 5.74) is 4.09. The normalized spacial score (nSPS) is 12.5. The van der Waals surface area contributed by atoms with Crippen molar-refractivity contribution < 1.29 is 19.1 Å². The number of hydrogen-bond acceptors (Lipinski definition) is 5. The first kappa shape index (κ1) is 30.7. The molecule has 4 rings (SSSR count). The van der Waals surface area contributed by atoms with Crippen LogP contribution in [0.15, 0.2) is 115 Å². The number of unbranched alkanes of at least 4 members (excludes halogenated alkanes) is 1. The molecule has 0 saturated carbocycles. The highest BCUT2D eigenvalue weighted by Gasteiger charge is 2.32. The smallest absolute Gasteiger partial charge is 0.313 e. The second kappa shape index (κ2) is 16.3. The molecule has 0 aliphatic carbocycles. The number of hydrogen-bond donors (Lipinski definition) is 0. The Morgan fingerprint density at radius 2 is 1.24 bits per heavy atom. The maximum absolute atomic E-state index is 14.4. The van der Waals surface area contributed by atoms with Crippen molar-refractivity contribution in [2.24, 2.45) is 0 Å². The van der Waals surface area contributed by atoms with Crippen molar-refractivity contribution in [3.8, 4) is 5.75 Å². The van der Waals surface area contributed by atoms with Crippen LogP contribution in [0.3, 0.4) is 0 Å². The zero-order chi connectivity index (χ0) is 29.6. The molecule has 0 bridgehead atoms. The van der Waals surface area contributed by atoms with Crippen LogP contribution in [0.1, 0.15) is 54.4 Å². The minimum atomic E-state index is -0.700. The van der Waals surface area contributed by atoms with Crippen LogP contribution in [-0.4, -0.2) is 36.4 Å². The van der Waals surface area contributed by atoms with Crippen LogP contribution in [0, 0.1) is 0 Å². The van der Waals surface area contributed by atoms with Crippen LogP contribution in [0.2, 0.25) is 0 Å².